The lowest BCUT2D eigenvalue weighted by Crippen LogP contribution is -2.55. The van der Waals surface area contributed by atoms with Crippen LogP contribution in [0.4, 0.5) is 4.39 Å². The molecule has 1 heterocycles. The summed E-state index contributed by atoms with van der Waals surface area (Å²) in [6.45, 7) is 2.49. The number of nitrogens with zero attached hydrogens (tertiary/aromatic N) is 2. The van der Waals surface area contributed by atoms with Crippen molar-refractivity contribution in [3.05, 3.63) is 35.6 Å². The molecule has 6 rings (SSSR count). The zero-order valence-corrected chi connectivity index (χ0v) is 16.4. The minimum atomic E-state index is -0.390. The molecule has 5 heteroatoms. The van der Waals surface area contributed by atoms with Gasteiger partial charge >= 0.3 is 0 Å². The molecule has 5 fully saturated rings. The molecular weight excluding hydrogens is 355 g/mol. The molecule has 0 atom stereocenters. The highest BCUT2D eigenvalue weighted by molar-refractivity contribution is 5.94. The molecule has 5 aliphatic rings. The van der Waals surface area contributed by atoms with Crippen LogP contribution in [0.25, 0.3) is 0 Å². The first-order valence-electron chi connectivity index (χ1n) is 10.9. The number of carbonyl (C=O) groups is 2. The Morgan fingerprint density at radius 3 is 2.14 bits per heavy atom. The van der Waals surface area contributed by atoms with E-state index in [2.05, 4.69) is 0 Å². The van der Waals surface area contributed by atoms with Gasteiger partial charge in [-0.15, -0.1) is 0 Å². The maximum atomic E-state index is 13.6. The van der Waals surface area contributed by atoms with E-state index >= 15 is 0 Å². The van der Waals surface area contributed by atoms with E-state index in [-0.39, 0.29) is 17.1 Å². The SMILES string of the molecule is O=C(c1cccc(F)c1)N1CCCN(C(=O)C23CC4CC(CC(C4)C2)C3)CC1. The van der Waals surface area contributed by atoms with Gasteiger partial charge in [0.2, 0.25) is 5.91 Å². The fraction of sp³-hybridized carbons (Fsp3) is 0.652. The molecule has 4 saturated carbocycles. The lowest BCUT2D eigenvalue weighted by Gasteiger charge is -2.56. The molecule has 0 spiro atoms. The topological polar surface area (TPSA) is 40.6 Å². The van der Waals surface area contributed by atoms with Gasteiger partial charge in [-0.2, -0.15) is 0 Å². The van der Waals surface area contributed by atoms with Gasteiger partial charge in [0.1, 0.15) is 5.82 Å². The van der Waals surface area contributed by atoms with E-state index < -0.39 is 0 Å². The van der Waals surface area contributed by atoms with E-state index in [9.17, 15) is 14.0 Å². The summed E-state index contributed by atoms with van der Waals surface area (Å²) in [5.74, 6) is 2.10. The van der Waals surface area contributed by atoms with E-state index in [4.69, 9.17) is 0 Å². The van der Waals surface area contributed by atoms with Crippen molar-refractivity contribution in [2.75, 3.05) is 26.2 Å². The molecule has 0 radical (unpaired) electrons. The minimum absolute atomic E-state index is 0.115. The summed E-state index contributed by atoms with van der Waals surface area (Å²) in [7, 11) is 0. The Balaban J connectivity index is 1.27. The van der Waals surface area contributed by atoms with Gasteiger partial charge in [-0.3, -0.25) is 9.59 Å². The second-order valence-electron chi connectivity index (χ2n) is 9.65. The molecule has 1 saturated heterocycles. The molecule has 1 aromatic carbocycles. The number of halogens is 1. The van der Waals surface area contributed by atoms with Crippen LogP contribution in [0.3, 0.4) is 0 Å². The Kier molecular flexibility index (Phi) is 4.44. The van der Waals surface area contributed by atoms with Crippen molar-refractivity contribution in [1.82, 2.24) is 9.80 Å². The van der Waals surface area contributed by atoms with Crippen LogP contribution in [0.5, 0.6) is 0 Å². The quantitative estimate of drug-likeness (QED) is 0.780. The second kappa shape index (κ2) is 6.85. The number of amides is 2. The highest BCUT2D eigenvalue weighted by Gasteiger charge is 2.55. The lowest BCUT2D eigenvalue weighted by molar-refractivity contribution is -0.157. The third-order valence-corrected chi connectivity index (χ3v) is 7.63. The molecule has 4 nitrogen and oxygen atoms in total. The summed E-state index contributed by atoms with van der Waals surface area (Å²) in [6.07, 6.45) is 8.05. The van der Waals surface area contributed by atoms with Crippen LogP contribution in [0, 0.1) is 29.0 Å². The van der Waals surface area contributed by atoms with Crippen LogP contribution >= 0.6 is 0 Å². The monoisotopic (exact) mass is 384 g/mol. The first-order valence-corrected chi connectivity index (χ1v) is 10.9. The van der Waals surface area contributed by atoms with Crippen molar-refractivity contribution >= 4 is 11.8 Å². The third kappa shape index (κ3) is 3.13. The molecule has 1 aliphatic heterocycles. The smallest absolute Gasteiger partial charge is 0.254 e. The van der Waals surface area contributed by atoms with Crippen molar-refractivity contribution in [2.45, 2.75) is 44.9 Å². The number of rotatable bonds is 2. The van der Waals surface area contributed by atoms with Gasteiger partial charge in [0.05, 0.1) is 5.41 Å². The molecule has 4 bridgehead atoms. The van der Waals surface area contributed by atoms with Crippen LogP contribution in [0.2, 0.25) is 0 Å². The third-order valence-electron chi connectivity index (χ3n) is 7.63. The summed E-state index contributed by atoms with van der Waals surface area (Å²) in [6, 6.07) is 5.88. The summed E-state index contributed by atoms with van der Waals surface area (Å²) >= 11 is 0. The van der Waals surface area contributed by atoms with Gasteiger partial charge in [-0.05, 0) is 80.9 Å². The number of carbonyl (C=O) groups excluding carboxylic acids is 2. The van der Waals surface area contributed by atoms with E-state index in [1.54, 1.807) is 17.0 Å². The maximum absolute atomic E-state index is 13.6. The van der Waals surface area contributed by atoms with Gasteiger partial charge in [-0.25, -0.2) is 4.39 Å². The van der Waals surface area contributed by atoms with Crippen LogP contribution in [-0.4, -0.2) is 47.8 Å². The standard InChI is InChI=1S/C23H29FN2O2/c24-20-4-1-3-19(12-20)21(27)25-5-2-6-26(8-7-25)22(28)23-13-16-9-17(14-23)11-18(10-16)15-23/h1,3-4,12,16-18H,2,5-11,13-15H2. The first kappa shape index (κ1) is 18.1. The van der Waals surface area contributed by atoms with Crippen LogP contribution in [-0.2, 0) is 4.79 Å². The first-order chi connectivity index (χ1) is 13.5. The zero-order valence-electron chi connectivity index (χ0n) is 16.4. The highest BCUT2D eigenvalue weighted by atomic mass is 19.1. The van der Waals surface area contributed by atoms with Gasteiger partial charge in [0.25, 0.3) is 5.91 Å². The molecule has 4 aliphatic carbocycles. The molecule has 28 heavy (non-hydrogen) atoms. The fourth-order valence-corrected chi connectivity index (χ4v) is 6.84. The Labute approximate surface area is 166 Å². The van der Waals surface area contributed by atoms with E-state index in [0.717, 1.165) is 50.0 Å². The van der Waals surface area contributed by atoms with E-state index in [1.165, 1.54) is 31.4 Å². The highest BCUT2D eigenvalue weighted by Crippen LogP contribution is 2.60. The van der Waals surface area contributed by atoms with Crippen molar-refractivity contribution < 1.29 is 14.0 Å². The zero-order chi connectivity index (χ0) is 19.3. The maximum Gasteiger partial charge on any atom is 0.254 e. The van der Waals surface area contributed by atoms with Crippen molar-refractivity contribution in [3.63, 3.8) is 0 Å². The lowest BCUT2D eigenvalue weighted by atomic mass is 9.49. The predicted octanol–water partition coefficient (Wildman–Crippen LogP) is 3.72. The van der Waals surface area contributed by atoms with Crippen molar-refractivity contribution in [3.8, 4) is 0 Å². The molecule has 0 aromatic heterocycles. The van der Waals surface area contributed by atoms with Crippen LogP contribution in [0.15, 0.2) is 24.3 Å². The minimum Gasteiger partial charge on any atom is -0.340 e. The Morgan fingerprint density at radius 2 is 1.50 bits per heavy atom. The Morgan fingerprint density at radius 1 is 0.893 bits per heavy atom. The van der Waals surface area contributed by atoms with E-state index in [0.29, 0.717) is 31.1 Å². The molecule has 0 unspecified atom stereocenters. The summed E-state index contributed by atoms with van der Waals surface area (Å²) in [4.78, 5) is 30.1. The normalized spacial score (nSPS) is 34.4. The average molecular weight is 384 g/mol. The molecule has 0 N–H and O–H groups in total. The van der Waals surface area contributed by atoms with E-state index in [1.807, 2.05) is 4.90 Å². The fourth-order valence-electron chi connectivity index (χ4n) is 6.84. The van der Waals surface area contributed by atoms with Crippen molar-refractivity contribution in [2.24, 2.45) is 23.2 Å². The largest absolute Gasteiger partial charge is 0.340 e. The van der Waals surface area contributed by atoms with Crippen LogP contribution < -0.4 is 0 Å². The summed E-state index contributed by atoms with van der Waals surface area (Å²) < 4.78 is 13.5. The number of hydrogen-bond acceptors (Lipinski definition) is 2. The van der Waals surface area contributed by atoms with Gasteiger partial charge < -0.3 is 9.80 Å². The number of hydrogen-bond donors (Lipinski definition) is 0. The van der Waals surface area contributed by atoms with Gasteiger partial charge in [0.15, 0.2) is 0 Å². The van der Waals surface area contributed by atoms with Gasteiger partial charge in [-0.1, -0.05) is 6.07 Å². The van der Waals surface area contributed by atoms with Crippen molar-refractivity contribution in [1.29, 1.82) is 0 Å². The molecule has 150 valence electrons. The van der Waals surface area contributed by atoms with Gasteiger partial charge in [0, 0.05) is 31.7 Å². The molecular formula is C23H29FN2O2. The Hall–Kier alpha value is -1.91. The Bertz CT molecular complexity index is 757. The average Bonchev–Trinajstić information content (AvgIpc) is 2.92. The molecule has 1 aromatic rings. The summed E-state index contributed by atoms with van der Waals surface area (Å²) in [5.41, 5.74) is 0.275. The number of benzene rings is 1. The predicted molar refractivity (Wildman–Crippen MR) is 104 cm³/mol. The second-order valence-corrected chi connectivity index (χ2v) is 9.65. The molecule has 2 amide bonds. The summed E-state index contributed by atoms with van der Waals surface area (Å²) in [5, 5.41) is 0. The van der Waals surface area contributed by atoms with Crippen LogP contribution in [0.1, 0.15) is 55.3 Å².